The first-order valence-electron chi connectivity index (χ1n) is 11.1. The maximum atomic E-state index is 12.9. The maximum Gasteiger partial charge on any atom is 0.251 e. The Kier molecular flexibility index (Phi) is 8.81. The summed E-state index contributed by atoms with van der Waals surface area (Å²) in [7, 11) is -3.46. The van der Waals surface area contributed by atoms with Crippen molar-refractivity contribution >= 4 is 15.9 Å². The molecule has 1 heterocycles. The first kappa shape index (κ1) is 24.4. The Morgan fingerprint density at radius 1 is 1.06 bits per heavy atom. The second-order valence-corrected chi connectivity index (χ2v) is 9.94. The van der Waals surface area contributed by atoms with Gasteiger partial charge in [-0.2, -0.15) is 4.31 Å². The Bertz CT molecular complexity index is 985. The number of piperazine rings is 1. The van der Waals surface area contributed by atoms with Crippen molar-refractivity contribution in [2.45, 2.75) is 31.7 Å². The van der Waals surface area contributed by atoms with Gasteiger partial charge in [0.1, 0.15) is 0 Å². The van der Waals surface area contributed by atoms with Gasteiger partial charge in [-0.05, 0) is 50.1 Å². The first-order valence-corrected chi connectivity index (χ1v) is 12.6. The molecule has 1 N–H and O–H groups in total. The van der Waals surface area contributed by atoms with Crippen molar-refractivity contribution in [3.63, 3.8) is 0 Å². The summed E-state index contributed by atoms with van der Waals surface area (Å²) in [5.74, 6) is -0.0858. The number of carbonyl (C=O) groups is 1. The van der Waals surface area contributed by atoms with Gasteiger partial charge in [0.2, 0.25) is 10.0 Å². The molecule has 1 fully saturated rings. The van der Waals surface area contributed by atoms with Gasteiger partial charge in [-0.1, -0.05) is 29.8 Å². The van der Waals surface area contributed by atoms with E-state index in [-0.39, 0.29) is 5.91 Å². The molecule has 0 atom stereocenters. The molecule has 0 saturated carbocycles. The molecule has 0 unspecified atom stereocenters. The molecule has 0 spiro atoms. The highest BCUT2D eigenvalue weighted by Crippen LogP contribution is 2.19. The number of hydrogen-bond acceptors (Lipinski definition) is 5. The molecular formula is C24H33N3O4S. The fraction of sp³-hybridized carbons (Fsp3) is 0.458. The highest BCUT2D eigenvalue weighted by molar-refractivity contribution is 7.89. The molecule has 1 aliphatic rings. The van der Waals surface area contributed by atoms with Crippen LogP contribution >= 0.6 is 0 Å². The second kappa shape index (κ2) is 11.6. The van der Waals surface area contributed by atoms with Gasteiger partial charge in [0.25, 0.3) is 5.91 Å². The standard InChI is InChI=1S/C24H33N3O4S/c1-3-31-17-5-12-25-24(28)22-7-4-6-21(18-22)19-26-13-15-27(16-14-26)32(29,30)23-10-8-20(2)9-11-23/h4,6-11,18H,3,5,12-17,19H2,1-2H3,(H,25,28). The van der Waals surface area contributed by atoms with Gasteiger partial charge >= 0.3 is 0 Å². The van der Waals surface area contributed by atoms with Gasteiger partial charge in [0.05, 0.1) is 4.90 Å². The van der Waals surface area contributed by atoms with E-state index in [0.717, 1.165) is 17.5 Å². The third-order valence-electron chi connectivity index (χ3n) is 5.54. The zero-order valence-electron chi connectivity index (χ0n) is 18.9. The van der Waals surface area contributed by atoms with Gasteiger partial charge in [-0.25, -0.2) is 8.42 Å². The predicted octanol–water partition coefficient (Wildman–Crippen LogP) is 2.66. The third-order valence-corrected chi connectivity index (χ3v) is 7.45. The van der Waals surface area contributed by atoms with E-state index < -0.39 is 10.0 Å². The van der Waals surface area contributed by atoms with Crippen molar-refractivity contribution in [3.05, 3.63) is 65.2 Å². The molecule has 0 aliphatic carbocycles. The molecular weight excluding hydrogens is 426 g/mol. The summed E-state index contributed by atoms with van der Waals surface area (Å²) in [5.41, 5.74) is 2.72. The smallest absolute Gasteiger partial charge is 0.251 e. The number of benzene rings is 2. The molecule has 1 saturated heterocycles. The lowest BCUT2D eigenvalue weighted by Crippen LogP contribution is -2.48. The van der Waals surface area contributed by atoms with E-state index >= 15 is 0 Å². The van der Waals surface area contributed by atoms with Crippen molar-refractivity contribution in [3.8, 4) is 0 Å². The van der Waals surface area contributed by atoms with E-state index in [0.29, 0.717) is 62.9 Å². The highest BCUT2D eigenvalue weighted by atomic mass is 32.2. The van der Waals surface area contributed by atoms with Crippen LogP contribution < -0.4 is 5.32 Å². The normalized spacial score (nSPS) is 15.6. The van der Waals surface area contributed by atoms with Gasteiger partial charge in [0, 0.05) is 58.0 Å². The number of ether oxygens (including phenoxy) is 1. The van der Waals surface area contributed by atoms with E-state index in [2.05, 4.69) is 10.2 Å². The molecule has 8 heteroatoms. The van der Waals surface area contributed by atoms with Crippen LogP contribution in [-0.2, 0) is 21.3 Å². The highest BCUT2D eigenvalue weighted by Gasteiger charge is 2.28. The minimum absolute atomic E-state index is 0.0858. The van der Waals surface area contributed by atoms with Crippen molar-refractivity contribution in [2.75, 3.05) is 45.9 Å². The minimum atomic E-state index is -3.46. The van der Waals surface area contributed by atoms with Crippen LogP contribution in [0.25, 0.3) is 0 Å². The van der Waals surface area contributed by atoms with E-state index in [1.165, 1.54) is 0 Å². The molecule has 0 aromatic heterocycles. The minimum Gasteiger partial charge on any atom is -0.382 e. The van der Waals surface area contributed by atoms with Crippen LogP contribution in [0.5, 0.6) is 0 Å². The van der Waals surface area contributed by atoms with Gasteiger partial charge in [-0.3, -0.25) is 9.69 Å². The number of aryl methyl sites for hydroxylation is 1. The van der Waals surface area contributed by atoms with Crippen LogP contribution in [0, 0.1) is 6.92 Å². The predicted molar refractivity (Wildman–Crippen MR) is 125 cm³/mol. The summed E-state index contributed by atoms with van der Waals surface area (Å²) >= 11 is 0. The monoisotopic (exact) mass is 459 g/mol. The lowest BCUT2D eigenvalue weighted by Gasteiger charge is -2.34. The topological polar surface area (TPSA) is 79.0 Å². The van der Waals surface area contributed by atoms with Crippen LogP contribution in [0.2, 0.25) is 0 Å². The number of amides is 1. The Balaban J connectivity index is 1.51. The SMILES string of the molecule is CCOCCCNC(=O)c1cccc(CN2CCN(S(=O)(=O)c3ccc(C)cc3)CC2)c1. The molecule has 3 rings (SSSR count). The Morgan fingerprint density at radius 3 is 2.47 bits per heavy atom. The fourth-order valence-corrected chi connectivity index (χ4v) is 5.10. The van der Waals surface area contributed by atoms with Crippen molar-refractivity contribution in [1.82, 2.24) is 14.5 Å². The van der Waals surface area contributed by atoms with Crippen LogP contribution in [0.1, 0.15) is 34.8 Å². The number of hydrogen-bond donors (Lipinski definition) is 1. The Morgan fingerprint density at radius 2 is 1.78 bits per heavy atom. The average Bonchev–Trinajstić information content (AvgIpc) is 2.80. The summed E-state index contributed by atoms with van der Waals surface area (Å²) in [5, 5.41) is 2.92. The van der Waals surface area contributed by atoms with Crippen LogP contribution in [-0.4, -0.2) is 69.5 Å². The lowest BCUT2D eigenvalue weighted by atomic mass is 10.1. The number of nitrogens with one attached hydrogen (secondary N) is 1. The van der Waals surface area contributed by atoms with Crippen molar-refractivity contribution in [1.29, 1.82) is 0 Å². The van der Waals surface area contributed by atoms with E-state index in [1.54, 1.807) is 16.4 Å². The molecule has 2 aromatic carbocycles. The summed E-state index contributed by atoms with van der Waals surface area (Å²) in [4.78, 5) is 15.0. The average molecular weight is 460 g/mol. The quantitative estimate of drug-likeness (QED) is 0.553. The molecule has 2 aromatic rings. The van der Waals surface area contributed by atoms with E-state index in [9.17, 15) is 13.2 Å². The number of nitrogens with zero attached hydrogens (tertiary/aromatic N) is 2. The second-order valence-electron chi connectivity index (χ2n) is 8.00. The van der Waals surface area contributed by atoms with Crippen LogP contribution in [0.15, 0.2) is 53.4 Å². The summed E-state index contributed by atoms with van der Waals surface area (Å²) < 4.78 is 32.6. The molecule has 1 aliphatic heterocycles. The van der Waals surface area contributed by atoms with Crippen LogP contribution in [0.3, 0.4) is 0 Å². The van der Waals surface area contributed by atoms with E-state index in [4.69, 9.17) is 4.74 Å². The molecule has 1 amide bonds. The molecule has 32 heavy (non-hydrogen) atoms. The fourth-order valence-electron chi connectivity index (χ4n) is 3.68. The van der Waals surface area contributed by atoms with Crippen molar-refractivity contribution in [2.24, 2.45) is 0 Å². The molecule has 174 valence electrons. The zero-order valence-corrected chi connectivity index (χ0v) is 19.7. The lowest BCUT2D eigenvalue weighted by molar-refractivity contribution is 0.0944. The molecule has 7 nitrogen and oxygen atoms in total. The van der Waals surface area contributed by atoms with E-state index in [1.807, 2.05) is 50.2 Å². The zero-order chi connectivity index (χ0) is 23.0. The summed E-state index contributed by atoms with van der Waals surface area (Å²) in [6.07, 6.45) is 0.787. The largest absolute Gasteiger partial charge is 0.382 e. The van der Waals surface area contributed by atoms with Gasteiger partial charge in [0.15, 0.2) is 0 Å². The summed E-state index contributed by atoms with van der Waals surface area (Å²) in [6, 6.07) is 14.6. The third kappa shape index (κ3) is 6.62. The number of rotatable bonds is 10. The summed E-state index contributed by atoms with van der Waals surface area (Å²) in [6.45, 7) is 8.70. The number of carbonyl (C=O) groups excluding carboxylic acids is 1. The van der Waals surface area contributed by atoms with Gasteiger partial charge < -0.3 is 10.1 Å². The number of sulfonamides is 1. The Labute approximate surface area is 191 Å². The first-order chi connectivity index (χ1) is 15.4. The van der Waals surface area contributed by atoms with Crippen molar-refractivity contribution < 1.29 is 17.9 Å². The molecule has 0 bridgehead atoms. The maximum absolute atomic E-state index is 12.9. The Hall–Kier alpha value is -2.26. The van der Waals surface area contributed by atoms with Gasteiger partial charge in [-0.15, -0.1) is 0 Å². The molecule has 0 radical (unpaired) electrons. The van der Waals surface area contributed by atoms with Crippen LogP contribution in [0.4, 0.5) is 0 Å².